The van der Waals surface area contributed by atoms with E-state index in [4.69, 9.17) is 14.7 Å². The molecular weight excluding hydrogens is 339 g/mol. The Morgan fingerprint density at radius 3 is 2.42 bits per heavy atom. The van der Waals surface area contributed by atoms with Crippen molar-refractivity contribution in [3.8, 4) is 11.8 Å². The molecule has 0 saturated heterocycles. The van der Waals surface area contributed by atoms with Crippen LogP contribution in [0, 0.1) is 17.1 Å². The third-order valence-corrected chi connectivity index (χ3v) is 3.32. The average molecular weight is 356 g/mol. The number of nitrogens with zero attached hydrogens (tertiary/aromatic N) is 1. The first-order valence-corrected chi connectivity index (χ1v) is 7.82. The number of hydrogen-bond donors (Lipinski definition) is 1. The van der Waals surface area contributed by atoms with Crippen LogP contribution in [-0.2, 0) is 20.7 Å². The Hall–Kier alpha value is -3.40. The van der Waals surface area contributed by atoms with E-state index in [9.17, 15) is 14.0 Å². The maximum Gasteiger partial charge on any atom is 0.347 e. The number of carbonyl (C=O) groups excluding carboxylic acids is 2. The number of rotatable bonds is 7. The van der Waals surface area contributed by atoms with Gasteiger partial charge in [-0.25, -0.2) is 9.18 Å². The summed E-state index contributed by atoms with van der Waals surface area (Å²) in [7, 11) is 0. The van der Waals surface area contributed by atoms with Crippen LogP contribution >= 0.6 is 0 Å². The summed E-state index contributed by atoms with van der Waals surface area (Å²) in [6.07, 6.45) is -0.656. The molecule has 0 fully saturated rings. The van der Waals surface area contributed by atoms with Gasteiger partial charge in [-0.3, -0.25) is 4.79 Å². The zero-order valence-corrected chi connectivity index (χ0v) is 14.1. The predicted molar refractivity (Wildman–Crippen MR) is 91.8 cm³/mol. The van der Waals surface area contributed by atoms with Crippen LogP contribution < -0.4 is 10.1 Å². The summed E-state index contributed by atoms with van der Waals surface area (Å²) in [5.74, 6) is -1.31. The molecule has 0 aliphatic rings. The van der Waals surface area contributed by atoms with E-state index >= 15 is 0 Å². The van der Waals surface area contributed by atoms with E-state index in [2.05, 4.69) is 5.32 Å². The molecule has 2 aromatic rings. The fourth-order valence-electron chi connectivity index (χ4n) is 2.01. The van der Waals surface area contributed by atoms with Crippen LogP contribution in [0.4, 0.5) is 10.1 Å². The van der Waals surface area contributed by atoms with Crippen LogP contribution in [0.5, 0.6) is 5.75 Å². The van der Waals surface area contributed by atoms with Crippen LogP contribution in [0.15, 0.2) is 48.5 Å². The minimum Gasteiger partial charge on any atom is -0.479 e. The van der Waals surface area contributed by atoms with Crippen LogP contribution in [0.3, 0.4) is 0 Å². The van der Waals surface area contributed by atoms with Crippen molar-refractivity contribution in [1.82, 2.24) is 0 Å². The molecule has 0 aliphatic carbocycles. The molecule has 0 aliphatic heterocycles. The van der Waals surface area contributed by atoms with E-state index in [1.54, 1.807) is 24.3 Å². The van der Waals surface area contributed by atoms with Crippen molar-refractivity contribution >= 4 is 17.6 Å². The highest BCUT2D eigenvalue weighted by atomic mass is 19.1. The van der Waals surface area contributed by atoms with Gasteiger partial charge in [-0.05, 0) is 48.9 Å². The SMILES string of the molecule is C[C@@H](Oc1ccc(F)cc1)C(=O)OCC(=O)Nc1ccc(CC#N)cc1. The van der Waals surface area contributed by atoms with Gasteiger partial charge in [0.05, 0.1) is 12.5 Å². The third-order valence-electron chi connectivity index (χ3n) is 3.32. The molecule has 0 saturated carbocycles. The number of nitriles is 1. The molecule has 134 valence electrons. The molecule has 7 heteroatoms. The molecule has 2 rings (SSSR count). The van der Waals surface area contributed by atoms with E-state index in [0.29, 0.717) is 11.4 Å². The highest BCUT2D eigenvalue weighted by molar-refractivity contribution is 5.93. The predicted octanol–water partition coefficient (Wildman–Crippen LogP) is 2.84. The topological polar surface area (TPSA) is 88.4 Å². The van der Waals surface area contributed by atoms with Crippen molar-refractivity contribution in [2.24, 2.45) is 0 Å². The summed E-state index contributed by atoms with van der Waals surface area (Å²) in [5.41, 5.74) is 1.37. The minimum atomic E-state index is -0.946. The average Bonchev–Trinajstić information content (AvgIpc) is 2.63. The maximum absolute atomic E-state index is 12.8. The molecule has 0 heterocycles. The standard InChI is InChI=1S/C19H17FN2O4/c1-13(26-17-8-4-15(20)5-9-17)19(24)25-12-18(23)22-16-6-2-14(3-7-16)10-11-21/h2-9,13H,10,12H2,1H3,(H,22,23)/t13-/m1/s1. The van der Waals surface area contributed by atoms with E-state index < -0.39 is 30.4 Å². The fraction of sp³-hybridized carbons (Fsp3) is 0.211. The second-order valence-electron chi connectivity index (χ2n) is 5.40. The quantitative estimate of drug-likeness (QED) is 0.771. The lowest BCUT2D eigenvalue weighted by Crippen LogP contribution is -2.29. The summed E-state index contributed by atoms with van der Waals surface area (Å²) >= 11 is 0. The lowest BCUT2D eigenvalue weighted by atomic mass is 10.1. The smallest absolute Gasteiger partial charge is 0.347 e. The molecule has 0 unspecified atom stereocenters. The highest BCUT2D eigenvalue weighted by Crippen LogP contribution is 2.14. The van der Waals surface area contributed by atoms with Crippen molar-refractivity contribution in [1.29, 1.82) is 5.26 Å². The molecule has 0 radical (unpaired) electrons. The number of hydrogen-bond acceptors (Lipinski definition) is 5. The summed E-state index contributed by atoms with van der Waals surface area (Å²) in [6.45, 7) is 1.01. The molecule has 0 aromatic heterocycles. The Balaban J connectivity index is 1.77. The van der Waals surface area contributed by atoms with E-state index in [-0.39, 0.29) is 6.42 Å². The van der Waals surface area contributed by atoms with Crippen molar-refractivity contribution < 1.29 is 23.5 Å². The minimum absolute atomic E-state index is 0.289. The monoisotopic (exact) mass is 356 g/mol. The molecule has 2 aromatic carbocycles. The second kappa shape index (κ2) is 9.18. The summed E-state index contributed by atoms with van der Waals surface area (Å²) in [5, 5.41) is 11.2. The Morgan fingerprint density at radius 1 is 1.15 bits per heavy atom. The molecule has 1 atom stereocenters. The van der Waals surface area contributed by atoms with Gasteiger partial charge in [0.2, 0.25) is 0 Å². The molecule has 0 bridgehead atoms. The number of ether oxygens (including phenoxy) is 2. The number of carbonyl (C=O) groups is 2. The van der Waals surface area contributed by atoms with Gasteiger partial charge in [0.1, 0.15) is 11.6 Å². The molecular formula is C19H17FN2O4. The lowest BCUT2D eigenvalue weighted by molar-refractivity contribution is -0.153. The fourth-order valence-corrected chi connectivity index (χ4v) is 2.01. The normalized spacial score (nSPS) is 11.1. The van der Waals surface area contributed by atoms with Gasteiger partial charge in [0, 0.05) is 5.69 Å². The van der Waals surface area contributed by atoms with Gasteiger partial charge >= 0.3 is 5.97 Å². The largest absolute Gasteiger partial charge is 0.479 e. The van der Waals surface area contributed by atoms with Gasteiger partial charge < -0.3 is 14.8 Å². The number of benzene rings is 2. The zero-order chi connectivity index (χ0) is 18.9. The second-order valence-corrected chi connectivity index (χ2v) is 5.40. The van der Waals surface area contributed by atoms with Crippen molar-refractivity contribution in [2.45, 2.75) is 19.4 Å². The van der Waals surface area contributed by atoms with Crippen LogP contribution in [0.25, 0.3) is 0 Å². The Morgan fingerprint density at radius 2 is 1.81 bits per heavy atom. The van der Waals surface area contributed by atoms with E-state index in [1.807, 2.05) is 6.07 Å². The molecule has 1 N–H and O–H groups in total. The maximum atomic E-state index is 12.8. The number of halogens is 1. The van der Waals surface area contributed by atoms with Crippen LogP contribution in [-0.4, -0.2) is 24.6 Å². The van der Waals surface area contributed by atoms with Gasteiger partial charge in [-0.2, -0.15) is 5.26 Å². The van der Waals surface area contributed by atoms with Gasteiger partial charge in [-0.1, -0.05) is 12.1 Å². The Kier molecular flexibility index (Phi) is 6.68. The van der Waals surface area contributed by atoms with Crippen molar-refractivity contribution in [3.05, 3.63) is 59.9 Å². The molecule has 1 amide bonds. The number of anilines is 1. The first-order valence-electron chi connectivity index (χ1n) is 7.82. The molecule has 26 heavy (non-hydrogen) atoms. The third kappa shape index (κ3) is 5.91. The van der Waals surface area contributed by atoms with E-state index in [0.717, 1.165) is 5.56 Å². The molecule has 0 spiro atoms. The van der Waals surface area contributed by atoms with Gasteiger partial charge in [0.25, 0.3) is 5.91 Å². The highest BCUT2D eigenvalue weighted by Gasteiger charge is 2.18. The summed E-state index contributed by atoms with van der Waals surface area (Å²) in [4.78, 5) is 23.7. The summed E-state index contributed by atoms with van der Waals surface area (Å²) in [6, 6.07) is 14.0. The van der Waals surface area contributed by atoms with Crippen molar-refractivity contribution in [2.75, 3.05) is 11.9 Å². The van der Waals surface area contributed by atoms with Crippen molar-refractivity contribution in [3.63, 3.8) is 0 Å². The summed E-state index contributed by atoms with van der Waals surface area (Å²) < 4.78 is 23.0. The first kappa shape index (κ1) is 18.9. The number of amides is 1. The van der Waals surface area contributed by atoms with Gasteiger partial charge in [-0.15, -0.1) is 0 Å². The molecule has 6 nitrogen and oxygen atoms in total. The lowest BCUT2D eigenvalue weighted by Gasteiger charge is -2.14. The van der Waals surface area contributed by atoms with E-state index in [1.165, 1.54) is 31.2 Å². The number of nitrogens with one attached hydrogen (secondary N) is 1. The van der Waals surface area contributed by atoms with Gasteiger partial charge in [0.15, 0.2) is 12.7 Å². The van der Waals surface area contributed by atoms with Crippen LogP contribution in [0.2, 0.25) is 0 Å². The Labute approximate surface area is 150 Å². The van der Waals surface area contributed by atoms with Crippen LogP contribution in [0.1, 0.15) is 12.5 Å². The zero-order valence-electron chi connectivity index (χ0n) is 14.1. The Bertz CT molecular complexity index is 798. The first-order chi connectivity index (χ1) is 12.5. The number of esters is 1.